The van der Waals surface area contributed by atoms with Crippen LogP contribution in [0.25, 0.3) is 0 Å². The second-order valence-corrected chi connectivity index (χ2v) is 8.72. The fourth-order valence-electron chi connectivity index (χ4n) is 4.59. The van der Waals surface area contributed by atoms with Gasteiger partial charge in [-0.25, -0.2) is 4.68 Å². The molecule has 0 spiro atoms. The van der Waals surface area contributed by atoms with Gasteiger partial charge in [0.25, 0.3) is 5.91 Å². The van der Waals surface area contributed by atoms with Crippen molar-refractivity contribution in [3.8, 4) is 0 Å². The number of benzene rings is 2. The van der Waals surface area contributed by atoms with Crippen LogP contribution in [0, 0.1) is 20.8 Å². The molecule has 1 aromatic heterocycles. The minimum absolute atomic E-state index is 0.146. The Morgan fingerprint density at radius 2 is 1.94 bits per heavy atom. The van der Waals surface area contributed by atoms with Crippen molar-refractivity contribution in [2.45, 2.75) is 46.1 Å². The first-order chi connectivity index (χ1) is 15.4. The Labute approximate surface area is 187 Å². The minimum Gasteiger partial charge on any atom is -0.343 e. The maximum absolute atomic E-state index is 13.2. The molecule has 1 aliphatic carbocycles. The number of carbonyl (C=O) groups excluding carboxylic acids is 2. The van der Waals surface area contributed by atoms with Crippen molar-refractivity contribution in [2.75, 3.05) is 10.6 Å². The highest BCUT2D eigenvalue weighted by Crippen LogP contribution is 2.41. The van der Waals surface area contributed by atoms with Crippen molar-refractivity contribution >= 4 is 23.2 Å². The molecule has 1 unspecified atom stereocenters. The molecule has 6 heteroatoms. The van der Waals surface area contributed by atoms with Gasteiger partial charge in [-0.3, -0.25) is 9.59 Å². The molecule has 3 aromatic rings. The summed E-state index contributed by atoms with van der Waals surface area (Å²) in [6.07, 6.45) is 3.72. The Balaban J connectivity index is 1.56. The van der Waals surface area contributed by atoms with Crippen molar-refractivity contribution in [1.29, 1.82) is 0 Å². The normalized spacial score (nSPS) is 17.5. The molecule has 2 aliphatic rings. The van der Waals surface area contributed by atoms with E-state index in [0.29, 0.717) is 17.8 Å². The van der Waals surface area contributed by atoms with E-state index in [1.54, 1.807) is 10.9 Å². The number of rotatable bonds is 3. The largest absolute Gasteiger partial charge is 0.343 e. The van der Waals surface area contributed by atoms with Crippen LogP contribution in [0.3, 0.4) is 0 Å². The van der Waals surface area contributed by atoms with Gasteiger partial charge in [-0.15, -0.1) is 0 Å². The first kappa shape index (κ1) is 20.2. The molecule has 32 heavy (non-hydrogen) atoms. The van der Waals surface area contributed by atoms with E-state index in [1.807, 2.05) is 57.2 Å². The van der Waals surface area contributed by atoms with Crippen LogP contribution in [0.1, 0.15) is 57.9 Å². The monoisotopic (exact) mass is 426 g/mol. The van der Waals surface area contributed by atoms with E-state index in [-0.39, 0.29) is 17.7 Å². The zero-order chi connectivity index (χ0) is 22.4. The summed E-state index contributed by atoms with van der Waals surface area (Å²) in [5.74, 6) is 0.551. The first-order valence-corrected chi connectivity index (χ1v) is 11.0. The highest BCUT2D eigenvalue weighted by molar-refractivity contribution is 6.08. The number of anilines is 2. The van der Waals surface area contributed by atoms with Gasteiger partial charge in [-0.05, 0) is 62.4 Å². The second-order valence-electron chi connectivity index (χ2n) is 8.72. The molecule has 2 aromatic carbocycles. The van der Waals surface area contributed by atoms with Gasteiger partial charge >= 0.3 is 0 Å². The molecule has 2 heterocycles. The van der Waals surface area contributed by atoms with E-state index in [1.165, 1.54) is 5.56 Å². The highest BCUT2D eigenvalue weighted by atomic mass is 16.1. The van der Waals surface area contributed by atoms with E-state index in [4.69, 9.17) is 0 Å². The lowest BCUT2D eigenvalue weighted by molar-refractivity contribution is -0.116. The fourth-order valence-corrected chi connectivity index (χ4v) is 4.59. The lowest BCUT2D eigenvalue weighted by atomic mass is 9.85. The molecule has 0 saturated heterocycles. The Morgan fingerprint density at radius 3 is 2.72 bits per heavy atom. The summed E-state index contributed by atoms with van der Waals surface area (Å²) in [5.41, 5.74) is 7.29. The fraction of sp³-hybridized carbons (Fsp3) is 0.269. The predicted molar refractivity (Wildman–Crippen MR) is 125 cm³/mol. The number of ketones is 1. The zero-order valence-electron chi connectivity index (χ0n) is 18.5. The van der Waals surface area contributed by atoms with Crippen LogP contribution in [0.2, 0.25) is 0 Å². The average molecular weight is 427 g/mol. The molecule has 0 saturated carbocycles. The molecular formula is C26H26N4O2. The van der Waals surface area contributed by atoms with Crippen LogP contribution in [0.5, 0.6) is 0 Å². The third kappa shape index (κ3) is 3.42. The lowest BCUT2D eigenvalue weighted by Gasteiger charge is -2.33. The maximum Gasteiger partial charge on any atom is 0.261 e. The molecule has 162 valence electrons. The van der Waals surface area contributed by atoms with E-state index >= 15 is 0 Å². The average Bonchev–Trinajstić information content (AvgIpc) is 3.19. The van der Waals surface area contributed by atoms with Crippen LogP contribution in [0.15, 0.2) is 59.9 Å². The van der Waals surface area contributed by atoms with Crippen LogP contribution >= 0.6 is 0 Å². The molecule has 6 nitrogen and oxygen atoms in total. The van der Waals surface area contributed by atoms with E-state index in [9.17, 15) is 9.59 Å². The van der Waals surface area contributed by atoms with Gasteiger partial charge < -0.3 is 10.6 Å². The summed E-state index contributed by atoms with van der Waals surface area (Å²) in [6.45, 7) is 6.10. The van der Waals surface area contributed by atoms with Gasteiger partial charge in [0.1, 0.15) is 17.4 Å². The molecule has 0 bridgehead atoms. The number of amides is 1. The number of carbonyl (C=O) groups is 2. The second kappa shape index (κ2) is 7.79. The summed E-state index contributed by atoms with van der Waals surface area (Å²) in [6, 6.07) is 13.7. The third-order valence-electron chi connectivity index (χ3n) is 6.41. The van der Waals surface area contributed by atoms with Gasteiger partial charge in [0, 0.05) is 23.4 Å². The van der Waals surface area contributed by atoms with Gasteiger partial charge in [-0.1, -0.05) is 35.9 Å². The van der Waals surface area contributed by atoms with Crippen molar-refractivity contribution in [1.82, 2.24) is 9.78 Å². The highest BCUT2D eigenvalue weighted by Gasteiger charge is 2.37. The molecule has 5 rings (SSSR count). The van der Waals surface area contributed by atoms with Crippen molar-refractivity contribution < 1.29 is 9.59 Å². The molecule has 2 N–H and O–H groups in total. The number of hydrogen-bond acceptors (Lipinski definition) is 4. The Kier molecular flexibility index (Phi) is 4.93. The Hall–Kier alpha value is -3.67. The third-order valence-corrected chi connectivity index (χ3v) is 6.41. The molecular weight excluding hydrogens is 400 g/mol. The summed E-state index contributed by atoms with van der Waals surface area (Å²) in [5, 5.41) is 10.9. The number of aromatic nitrogens is 2. The number of hydrogen-bond donors (Lipinski definition) is 2. The van der Waals surface area contributed by atoms with E-state index in [0.717, 1.165) is 46.5 Å². The van der Waals surface area contributed by atoms with Gasteiger partial charge in [0.05, 0.1) is 6.20 Å². The number of fused-ring (bicyclic) bond motifs is 1. The maximum atomic E-state index is 13.2. The van der Waals surface area contributed by atoms with Gasteiger partial charge in [0.2, 0.25) is 0 Å². The standard InChI is InChI=1S/C26H26N4O2/c1-15-6-4-7-18(12-15)24-23-21(8-5-9-22(23)31)29-25-20(14-27-30(24)25)26(32)28-19-11-10-16(2)17(3)13-19/h4,6-7,10-14,24,29H,5,8-9H2,1-3H3,(H,28,32). The van der Waals surface area contributed by atoms with Crippen LogP contribution in [0.4, 0.5) is 11.5 Å². The van der Waals surface area contributed by atoms with Crippen molar-refractivity contribution in [2.24, 2.45) is 0 Å². The summed E-state index contributed by atoms with van der Waals surface area (Å²) in [7, 11) is 0. The summed E-state index contributed by atoms with van der Waals surface area (Å²) in [4.78, 5) is 26.1. The van der Waals surface area contributed by atoms with Crippen molar-refractivity contribution in [3.05, 3.63) is 87.7 Å². The van der Waals surface area contributed by atoms with Gasteiger partial charge in [-0.2, -0.15) is 5.10 Å². The topological polar surface area (TPSA) is 76.0 Å². The molecule has 0 radical (unpaired) electrons. The van der Waals surface area contributed by atoms with Gasteiger partial charge in [0.15, 0.2) is 5.78 Å². The molecule has 0 fully saturated rings. The SMILES string of the molecule is Cc1cccc(C2C3=C(CCCC3=O)Nc3c(C(=O)Nc4ccc(C)c(C)c4)cnn32)c1. The lowest BCUT2D eigenvalue weighted by Crippen LogP contribution is -2.32. The van der Waals surface area contributed by atoms with Crippen LogP contribution < -0.4 is 10.6 Å². The van der Waals surface area contributed by atoms with E-state index in [2.05, 4.69) is 21.8 Å². The smallest absolute Gasteiger partial charge is 0.261 e. The minimum atomic E-state index is -0.336. The summed E-state index contributed by atoms with van der Waals surface area (Å²) >= 11 is 0. The van der Waals surface area contributed by atoms with Crippen molar-refractivity contribution in [3.63, 3.8) is 0 Å². The number of nitrogens with one attached hydrogen (secondary N) is 2. The van der Waals surface area contributed by atoms with Crippen LogP contribution in [-0.2, 0) is 4.79 Å². The van der Waals surface area contributed by atoms with E-state index < -0.39 is 0 Å². The number of Topliss-reactive ketones (excluding diaryl/α,β-unsaturated/α-hetero) is 1. The quantitative estimate of drug-likeness (QED) is 0.612. The molecule has 1 aliphatic heterocycles. The molecule has 1 amide bonds. The zero-order valence-corrected chi connectivity index (χ0v) is 18.5. The Morgan fingerprint density at radius 1 is 1.09 bits per heavy atom. The summed E-state index contributed by atoms with van der Waals surface area (Å²) < 4.78 is 1.78. The Bertz CT molecular complexity index is 1280. The molecule has 1 atom stereocenters. The number of allylic oxidation sites excluding steroid dienone is 2. The number of aryl methyl sites for hydroxylation is 3. The predicted octanol–water partition coefficient (Wildman–Crippen LogP) is 5.08. The van der Waals surface area contributed by atoms with Crippen LogP contribution in [-0.4, -0.2) is 21.5 Å². The number of nitrogens with zero attached hydrogens (tertiary/aromatic N) is 2. The first-order valence-electron chi connectivity index (χ1n) is 11.0.